The summed E-state index contributed by atoms with van der Waals surface area (Å²) in [6.07, 6.45) is 13.9. The standard InChI is InChI=1S/C20H36O/c1-4-6-7-20(21)18-11-9-17(10-12-18)19-13-8-16(5-2)14-15(19)3/h15-19H,4-14H2,1-3H3. The van der Waals surface area contributed by atoms with Crippen molar-refractivity contribution in [3.05, 3.63) is 0 Å². The summed E-state index contributed by atoms with van der Waals surface area (Å²) in [4.78, 5) is 12.2. The lowest BCUT2D eigenvalue weighted by molar-refractivity contribution is -0.124. The molecule has 2 saturated carbocycles. The Morgan fingerprint density at radius 2 is 1.71 bits per heavy atom. The molecule has 0 aromatic heterocycles. The number of ketones is 1. The summed E-state index contributed by atoms with van der Waals surface area (Å²) in [6.45, 7) is 7.02. The van der Waals surface area contributed by atoms with Crippen LogP contribution in [0, 0.1) is 29.6 Å². The lowest BCUT2D eigenvalue weighted by Gasteiger charge is -2.41. The van der Waals surface area contributed by atoms with Gasteiger partial charge in [-0.15, -0.1) is 0 Å². The van der Waals surface area contributed by atoms with Crippen molar-refractivity contribution in [3.63, 3.8) is 0 Å². The first kappa shape index (κ1) is 17.0. The molecule has 0 aromatic carbocycles. The molecular weight excluding hydrogens is 256 g/mol. The Morgan fingerprint density at radius 1 is 1.00 bits per heavy atom. The van der Waals surface area contributed by atoms with E-state index in [1.165, 1.54) is 51.4 Å². The fourth-order valence-corrected chi connectivity index (χ4v) is 5.03. The quantitative estimate of drug-likeness (QED) is 0.585. The SMILES string of the molecule is CCCCC(=O)C1CCC(C2CCC(CC)CC2C)CC1. The number of hydrogen-bond donors (Lipinski definition) is 0. The first-order valence-electron chi connectivity index (χ1n) is 9.68. The Balaban J connectivity index is 1.77. The summed E-state index contributed by atoms with van der Waals surface area (Å²) < 4.78 is 0. The number of carbonyl (C=O) groups is 1. The third kappa shape index (κ3) is 4.57. The van der Waals surface area contributed by atoms with E-state index in [2.05, 4.69) is 20.8 Å². The minimum Gasteiger partial charge on any atom is -0.299 e. The van der Waals surface area contributed by atoms with Gasteiger partial charge in [-0.25, -0.2) is 0 Å². The molecule has 0 heterocycles. The highest BCUT2D eigenvalue weighted by Crippen LogP contribution is 2.45. The Labute approximate surface area is 132 Å². The number of rotatable bonds is 6. The van der Waals surface area contributed by atoms with Crippen molar-refractivity contribution in [3.8, 4) is 0 Å². The van der Waals surface area contributed by atoms with Gasteiger partial charge in [0.25, 0.3) is 0 Å². The van der Waals surface area contributed by atoms with Crippen molar-refractivity contribution in [1.82, 2.24) is 0 Å². The topological polar surface area (TPSA) is 17.1 Å². The third-order valence-electron chi connectivity index (χ3n) is 6.53. The van der Waals surface area contributed by atoms with Gasteiger partial charge in [-0.2, -0.15) is 0 Å². The second kappa shape index (κ2) is 8.34. The van der Waals surface area contributed by atoms with E-state index in [1.54, 1.807) is 0 Å². The minimum atomic E-state index is 0.412. The number of unbranched alkanes of at least 4 members (excludes halogenated alkanes) is 1. The van der Waals surface area contributed by atoms with Gasteiger partial charge >= 0.3 is 0 Å². The minimum absolute atomic E-state index is 0.412. The predicted molar refractivity (Wildman–Crippen MR) is 90.3 cm³/mol. The molecule has 0 radical (unpaired) electrons. The van der Waals surface area contributed by atoms with Crippen LogP contribution in [0.25, 0.3) is 0 Å². The summed E-state index contributed by atoms with van der Waals surface area (Å²) in [6, 6.07) is 0. The zero-order chi connectivity index (χ0) is 15.2. The highest BCUT2D eigenvalue weighted by atomic mass is 16.1. The molecule has 0 amide bonds. The molecule has 0 aliphatic heterocycles. The fourth-order valence-electron chi connectivity index (χ4n) is 5.03. The van der Waals surface area contributed by atoms with Crippen molar-refractivity contribution in [1.29, 1.82) is 0 Å². The second-order valence-electron chi connectivity index (χ2n) is 7.91. The monoisotopic (exact) mass is 292 g/mol. The summed E-state index contributed by atoms with van der Waals surface area (Å²) in [5, 5.41) is 0. The zero-order valence-corrected chi connectivity index (χ0v) is 14.6. The van der Waals surface area contributed by atoms with Crippen LogP contribution in [0.5, 0.6) is 0 Å². The number of hydrogen-bond acceptors (Lipinski definition) is 1. The maximum Gasteiger partial charge on any atom is 0.135 e. The van der Waals surface area contributed by atoms with Gasteiger partial charge in [-0.3, -0.25) is 4.79 Å². The van der Waals surface area contributed by atoms with Gasteiger partial charge in [-0.1, -0.05) is 40.0 Å². The van der Waals surface area contributed by atoms with E-state index in [1.807, 2.05) is 0 Å². The van der Waals surface area contributed by atoms with Crippen LogP contribution in [0.4, 0.5) is 0 Å². The number of carbonyl (C=O) groups excluding carboxylic acids is 1. The molecule has 0 spiro atoms. The van der Waals surface area contributed by atoms with Crippen LogP contribution in [0.15, 0.2) is 0 Å². The third-order valence-corrected chi connectivity index (χ3v) is 6.53. The molecule has 2 fully saturated rings. The van der Waals surface area contributed by atoms with Crippen LogP contribution >= 0.6 is 0 Å². The van der Waals surface area contributed by atoms with E-state index in [0.717, 1.165) is 42.9 Å². The van der Waals surface area contributed by atoms with Gasteiger partial charge in [0.05, 0.1) is 0 Å². The maximum atomic E-state index is 12.2. The Bertz CT molecular complexity index is 314. The molecule has 1 heteroatoms. The van der Waals surface area contributed by atoms with Crippen molar-refractivity contribution in [2.75, 3.05) is 0 Å². The number of Topliss-reactive ketones (excluding diaryl/α,β-unsaturated/α-hetero) is 1. The molecule has 3 atom stereocenters. The highest BCUT2D eigenvalue weighted by Gasteiger charge is 2.35. The average molecular weight is 293 g/mol. The van der Waals surface area contributed by atoms with Crippen molar-refractivity contribution in [2.24, 2.45) is 29.6 Å². The molecule has 122 valence electrons. The van der Waals surface area contributed by atoms with Crippen molar-refractivity contribution < 1.29 is 4.79 Å². The molecule has 2 aliphatic rings. The van der Waals surface area contributed by atoms with E-state index in [0.29, 0.717) is 11.7 Å². The summed E-state index contributed by atoms with van der Waals surface area (Å²) in [7, 11) is 0. The van der Waals surface area contributed by atoms with Crippen LogP contribution in [0.2, 0.25) is 0 Å². The molecular formula is C20H36O. The van der Waals surface area contributed by atoms with E-state index in [4.69, 9.17) is 0 Å². The van der Waals surface area contributed by atoms with Gasteiger partial charge in [0.1, 0.15) is 5.78 Å². The summed E-state index contributed by atoms with van der Waals surface area (Å²) >= 11 is 0. The molecule has 0 saturated heterocycles. The van der Waals surface area contributed by atoms with E-state index in [-0.39, 0.29) is 0 Å². The van der Waals surface area contributed by atoms with Crippen LogP contribution in [-0.2, 0) is 4.79 Å². The van der Waals surface area contributed by atoms with Gasteiger partial charge < -0.3 is 0 Å². The molecule has 2 rings (SSSR count). The molecule has 0 N–H and O–H groups in total. The first-order chi connectivity index (χ1) is 10.2. The average Bonchev–Trinajstić information content (AvgIpc) is 2.52. The second-order valence-corrected chi connectivity index (χ2v) is 7.91. The highest BCUT2D eigenvalue weighted by molar-refractivity contribution is 5.81. The fraction of sp³-hybridized carbons (Fsp3) is 0.950. The van der Waals surface area contributed by atoms with Crippen LogP contribution in [0.3, 0.4) is 0 Å². The molecule has 1 nitrogen and oxygen atoms in total. The Morgan fingerprint density at radius 3 is 2.29 bits per heavy atom. The van der Waals surface area contributed by atoms with Crippen molar-refractivity contribution in [2.45, 2.75) is 91.4 Å². The predicted octanol–water partition coefficient (Wildman–Crippen LogP) is 6.01. The largest absolute Gasteiger partial charge is 0.299 e. The summed E-state index contributed by atoms with van der Waals surface area (Å²) in [5.41, 5.74) is 0. The van der Waals surface area contributed by atoms with Gasteiger partial charge in [0.15, 0.2) is 0 Å². The molecule has 3 unspecified atom stereocenters. The zero-order valence-electron chi connectivity index (χ0n) is 14.6. The summed E-state index contributed by atoms with van der Waals surface area (Å²) in [5.74, 6) is 4.77. The Hall–Kier alpha value is -0.330. The smallest absolute Gasteiger partial charge is 0.135 e. The van der Waals surface area contributed by atoms with E-state index in [9.17, 15) is 4.79 Å². The van der Waals surface area contributed by atoms with Crippen LogP contribution < -0.4 is 0 Å². The lowest BCUT2D eigenvalue weighted by atomic mass is 9.64. The van der Waals surface area contributed by atoms with Gasteiger partial charge in [0, 0.05) is 12.3 Å². The lowest BCUT2D eigenvalue weighted by Crippen LogP contribution is -2.32. The van der Waals surface area contributed by atoms with Gasteiger partial charge in [-0.05, 0) is 68.6 Å². The van der Waals surface area contributed by atoms with Crippen molar-refractivity contribution >= 4 is 5.78 Å². The molecule has 0 bridgehead atoms. The maximum absolute atomic E-state index is 12.2. The normalized spacial score (nSPS) is 37.4. The molecule has 21 heavy (non-hydrogen) atoms. The molecule has 0 aromatic rings. The first-order valence-corrected chi connectivity index (χ1v) is 9.68. The van der Waals surface area contributed by atoms with E-state index < -0.39 is 0 Å². The van der Waals surface area contributed by atoms with Gasteiger partial charge in [0.2, 0.25) is 0 Å². The molecule has 2 aliphatic carbocycles. The van der Waals surface area contributed by atoms with Crippen LogP contribution in [0.1, 0.15) is 91.4 Å². The van der Waals surface area contributed by atoms with E-state index >= 15 is 0 Å². The van der Waals surface area contributed by atoms with Crippen LogP contribution in [-0.4, -0.2) is 5.78 Å². The Kier molecular flexibility index (Phi) is 6.76.